The van der Waals surface area contributed by atoms with Crippen LogP contribution in [0.15, 0.2) is 54.6 Å². The molecule has 34 heavy (non-hydrogen) atoms. The molecule has 4 rings (SSSR count). The van der Waals surface area contributed by atoms with Crippen LogP contribution in [0.5, 0.6) is 5.75 Å². The van der Waals surface area contributed by atoms with Gasteiger partial charge in [0.25, 0.3) is 11.6 Å². The van der Waals surface area contributed by atoms with Gasteiger partial charge in [-0.15, -0.1) is 11.8 Å². The molecule has 2 heterocycles. The van der Waals surface area contributed by atoms with Crippen LogP contribution in [0.3, 0.4) is 0 Å². The number of ketones is 1. The van der Waals surface area contributed by atoms with E-state index in [-0.39, 0.29) is 24.7 Å². The number of amides is 2. The number of rotatable bonds is 8. The molecular formula is C22H19N3O8S. The van der Waals surface area contributed by atoms with Crippen LogP contribution in [0.1, 0.15) is 5.56 Å². The molecule has 0 saturated carbocycles. The molecular weight excluding hydrogens is 466 g/mol. The molecule has 176 valence electrons. The lowest BCUT2D eigenvalue weighted by Crippen LogP contribution is -2.76. The number of para-hydroxylation sites is 1. The highest BCUT2D eigenvalue weighted by atomic mass is 32.2. The first-order valence-electron chi connectivity index (χ1n) is 10.2. The fourth-order valence-corrected chi connectivity index (χ4v) is 4.80. The molecule has 0 aromatic heterocycles. The van der Waals surface area contributed by atoms with E-state index >= 15 is 0 Å². The molecule has 12 heteroatoms. The smallest absolute Gasteiger partial charge is 0.337 e. The van der Waals surface area contributed by atoms with Gasteiger partial charge in [-0.1, -0.05) is 18.2 Å². The number of carbonyl (C=O) groups is 4. The number of thioether (sulfide) groups is 1. The van der Waals surface area contributed by atoms with Crippen molar-refractivity contribution in [2.45, 2.75) is 24.1 Å². The van der Waals surface area contributed by atoms with Crippen molar-refractivity contribution in [2.75, 3.05) is 12.4 Å². The normalized spacial score (nSPS) is 21.2. The van der Waals surface area contributed by atoms with Gasteiger partial charge in [0.2, 0.25) is 5.91 Å². The molecule has 3 unspecified atom stereocenters. The van der Waals surface area contributed by atoms with Gasteiger partial charge in [0.05, 0.1) is 10.7 Å². The zero-order valence-corrected chi connectivity index (χ0v) is 18.4. The summed E-state index contributed by atoms with van der Waals surface area (Å²) in [5.74, 6) is -1.93. The summed E-state index contributed by atoms with van der Waals surface area (Å²) in [5.41, 5.74) is 0.387. The third-order valence-corrected chi connectivity index (χ3v) is 6.53. The highest BCUT2D eigenvalue weighted by Crippen LogP contribution is 2.37. The zero-order valence-electron chi connectivity index (χ0n) is 17.6. The topological polar surface area (TPSA) is 145 Å². The van der Waals surface area contributed by atoms with E-state index in [1.807, 2.05) is 6.07 Å². The van der Waals surface area contributed by atoms with E-state index in [1.165, 1.54) is 24.3 Å². The number of fused-ring (bicyclic) bond motifs is 1. The second-order valence-electron chi connectivity index (χ2n) is 7.49. The number of nitrogens with one attached hydrogen (secondary N) is 1. The van der Waals surface area contributed by atoms with Crippen molar-refractivity contribution in [3.8, 4) is 5.75 Å². The SMILES string of the molecule is O=C(COc1ccccc1)NC1C(=O)N2C(C(=O)OCc3ccc([N+](=O)[O-])cc3)C(=O)CSC12. The molecule has 2 fully saturated rings. The number of nitro benzene ring substituents is 1. The minimum absolute atomic E-state index is 0.0152. The molecule has 3 atom stereocenters. The quantitative estimate of drug-likeness (QED) is 0.191. The molecule has 2 aromatic rings. The molecule has 0 aliphatic carbocycles. The minimum atomic E-state index is -1.40. The summed E-state index contributed by atoms with van der Waals surface area (Å²) in [7, 11) is 0. The molecule has 2 amide bonds. The molecule has 11 nitrogen and oxygen atoms in total. The Morgan fingerprint density at radius 1 is 1.12 bits per heavy atom. The van der Waals surface area contributed by atoms with Crippen LogP contribution in [-0.2, 0) is 30.5 Å². The number of nitrogens with zero attached hydrogens (tertiary/aromatic N) is 2. The number of β-lactam (4-membered cyclic amide) rings is 1. The van der Waals surface area contributed by atoms with Gasteiger partial charge in [-0.25, -0.2) is 4.79 Å². The second kappa shape index (κ2) is 9.91. The summed E-state index contributed by atoms with van der Waals surface area (Å²) in [6.45, 7) is -0.498. The van der Waals surface area contributed by atoms with Crippen molar-refractivity contribution in [3.05, 3.63) is 70.3 Å². The predicted molar refractivity (Wildman–Crippen MR) is 119 cm³/mol. The Bertz CT molecular complexity index is 1120. The number of carbonyl (C=O) groups excluding carboxylic acids is 4. The van der Waals surface area contributed by atoms with Gasteiger partial charge < -0.3 is 19.7 Å². The van der Waals surface area contributed by atoms with Crippen molar-refractivity contribution >= 4 is 41.0 Å². The van der Waals surface area contributed by atoms with E-state index in [9.17, 15) is 29.3 Å². The zero-order chi connectivity index (χ0) is 24.2. The number of non-ortho nitro benzene ring substituents is 1. The van der Waals surface area contributed by atoms with Crippen LogP contribution >= 0.6 is 11.8 Å². The lowest BCUT2D eigenvalue weighted by molar-refractivity contribution is -0.384. The summed E-state index contributed by atoms with van der Waals surface area (Å²) < 4.78 is 10.6. The Morgan fingerprint density at radius 3 is 2.50 bits per heavy atom. The van der Waals surface area contributed by atoms with Crippen molar-refractivity contribution in [1.29, 1.82) is 0 Å². The highest BCUT2D eigenvalue weighted by Gasteiger charge is 2.58. The van der Waals surface area contributed by atoms with Crippen LogP contribution in [0.25, 0.3) is 0 Å². The minimum Gasteiger partial charge on any atom is -0.484 e. The van der Waals surface area contributed by atoms with E-state index in [4.69, 9.17) is 9.47 Å². The maximum absolute atomic E-state index is 12.7. The van der Waals surface area contributed by atoms with Crippen LogP contribution in [0, 0.1) is 10.1 Å². The summed E-state index contributed by atoms with van der Waals surface area (Å²) in [6, 6.07) is 11.9. The molecule has 1 N–H and O–H groups in total. The van der Waals surface area contributed by atoms with Gasteiger partial charge in [0.15, 0.2) is 18.4 Å². The monoisotopic (exact) mass is 485 g/mol. The molecule has 0 spiro atoms. The Morgan fingerprint density at radius 2 is 1.82 bits per heavy atom. The number of hydrogen-bond donors (Lipinski definition) is 1. The van der Waals surface area contributed by atoms with Gasteiger partial charge >= 0.3 is 5.97 Å². The lowest BCUT2D eigenvalue weighted by Gasteiger charge is -2.51. The number of esters is 1. The van der Waals surface area contributed by atoms with Crippen molar-refractivity contribution < 1.29 is 33.6 Å². The van der Waals surface area contributed by atoms with E-state index in [2.05, 4.69) is 5.32 Å². The number of hydrogen-bond acceptors (Lipinski definition) is 9. The Kier molecular flexibility index (Phi) is 6.77. The first kappa shape index (κ1) is 23.2. The lowest BCUT2D eigenvalue weighted by atomic mass is 10.0. The largest absolute Gasteiger partial charge is 0.484 e. The average molecular weight is 485 g/mol. The highest BCUT2D eigenvalue weighted by molar-refractivity contribution is 8.00. The maximum Gasteiger partial charge on any atom is 0.337 e. The Hall–Kier alpha value is -3.93. The van der Waals surface area contributed by atoms with Crippen LogP contribution in [0.4, 0.5) is 5.69 Å². The van der Waals surface area contributed by atoms with E-state index in [0.717, 1.165) is 16.7 Å². The first-order valence-corrected chi connectivity index (χ1v) is 11.2. The molecule has 2 saturated heterocycles. The van der Waals surface area contributed by atoms with E-state index < -0.39 is 45.9 Å². The van der Waals surface area contributed by atoms with Gasteiger partial charge in [-0.2, -0.15) is 0 Å². The number of ether oxygens (including phenoxy) is 2. The van der Waals surface area contributed by atoms with E-state index in [1.54, 1.807) is 24.3 Å². The van der Waals surface area contributed by atoms with Crippen molar-refractivity contribution in [1.82, 2.24) is 10.2 Å². The van der Waals surface area contributed by atoms with E-state index in [0.29, 0.717) is 11.3 Å². The molecule has 0 bridgehead atoms. The van der Waals surface area contributed by atoms with Crippen LogP contribution in [0.2, 0.25) is 0 Å². The second-order valence-corrected chi connectivity index (χ2v) is 8.60. The summed E-state index contributed by atoms with van der Waals surface area (Å²) >= 11 is 1.16. The third-order valence-electron chi connectivity index (χ3n) is 5.24. The number of nitro groups is 1. The molecule has 0 radical (unpaired) electrons. The summed E-state index contributed by atoms with van der Waals surface area (Å²) in [6.07, 6.45) is 0. The van der Waals surface area contributed by atoms with Crippen molar-refractivity contribution in [2.24, 2.45) is 0 Å². The Labute approximate surface area is 197 Å². The molecule has 2 aliphatic heterocycles. The average Bonchev–Trinajstić information content (AvgIpc) is 2.85. The van der Waals surface area contributed by atoms with Crippen LogP contribution in [-0.4, -0.2) is 63.2 Å². The standard InChI is InChI=1S/C22H19N3O8S/c26-16-12-34-21-18(23-17(27)11-32-15-4-2-1-3-5-15)20(28)24(21)19(16)22(29)33-10-13-6-8-14(9-7-13)25(30)31/h1-9,18-19,21H,10-12H2,(H,23,27). The third kappa shape index (κ3) is 4.86. The summed E-state index contributed by atoms with van der Waals surface area (Å²) in [4.78, 5) is 61.2. The number of benzene rings is 2. The molecule has 2 aliphatic rings. The maximum atomic E-state index is 12.7. The van der Waals surface area contributed by atoms with Gasteiger partial charge in [-0.05, 0) is 29.8 Å². The molecule has 2 aromatic carbocycles. The van der Waals surface area contributed by atoms with Gasteiger partial charge in [0, 0.05) is 12.1 Å². The fourth-order valence-electron chi connectivity index (χ4n) is 3.54. The van der Waals surface area contributed by atoms with Gasteiger partial charge in [0.1, 0.15) is 23.8 Å². The van der Waals surface area contributed by atoms with Gasteiger partial charge in [-0.3, -0.25) is 24.5 Å². The van der Waals surface area contributed by atoms with Crippen molar-refractivity contribution in [3.63, 3.8) is 0 Å². The Balaban J connectivity index is 1.32. The number of Topliss-reactive ketones (excluding diaryl/α,β-unsaturated/α-hetero) is 1. The predicted octanol–water partition coefficient (Wildman–Crippen LogP) is 1.05. The first-order chi connectivity index (χ1) is 16.3. The fraction of sp³-hybridized carbons (Fsp3) is 0.273. The van der Waals surface area contributed by atoms with Crippen LogP contribution < -0.4 is 10.1 Å². The summed E-state index contributed by atoms with van der Waals surface area (Å²) in [5, 5.41) is 12.7.